The fraction of sp³-hybridized carbons (Fsp3) is 0.571. The fourth-order valence-corrected chi connectivity index (χ4v) is 2.14. The number of hydrogen-bond acceptors (Lipinski definition) is 3. The van der Waals surface area contributed by atoms with Crippen LogP contribution in [0, 0.1) is 0 Å². The average molecular weight is 258 g/mol. The van der Waals surface area contributed by atoms with Crippen LogP contribution >= 0.6 is 0 Å². The number of hydrogen-bond donors (Lipinski definition) is 0. The average Bonchev–Trinajstić information content (AvgIpc) is 2.39. The Hall–Kier alpha value is -0.238. The van der Waals surface area contributed by atoms with Crippen molar-refractivity contribution in [2.75, 3.05) is 19.8 Å². The van der Waals surface area contributed by atoms with Crippen LogP contribution < -0.4 is 18.9 Å². The van der Waals surface area contributed by atoms with E-state index in [9.17, 15) is 0 Å². The van der Waals surface area contributed by atoms with Crippen LogP contribution in [-0.4, -0.2) is 26.6 Å². The molecule has 0 aromatic heterocycles. The molecule has 0 amide bonds. The second-order valence-electron chi connectivity index (χ2n) is 4.18. The van der Waals surface area contributed by atoms with Crippen molar-refractivity contribution in [2.24, 2.45) is 0 Å². The first kappa shape index (κ1) is 18.8. The summed E-state index contributed by atoms with van der Waals surface area (Å²) in [5, 5.41) is 0. The summed E-state index contributed by atoms with van der Waals surface area (Å²) in [5.41, 5.74) is 1.28. The van der Waals surface area contributed by atoms with Gasteiger partial charge in [0.15, 0.2) is 0 Å². The summed E-state index contributed by atoms with van der Waals surface area (Å²) in [6.07, 6.45) is 1.67. The molecular formula is C14H24BLiO3. The molecule has 1 rings (SSSR count). The molecule has 0 aliphatic rings. The summed E-state index contributed by atoms with van der Waals surface area (Å²) in [6.45, 7) is 6.12. The van der Waals surface area contributed by atoms with Crippen molar-refractivity contribution in [1.29, 1.82) is 0 Å². The van der Waals surface area contributed by atoms with Gasteiger partial charge in [-0.2, -0.15) is 0 Å². The third kappa shape index (κ3) is 6.65. The number of aryl methyl sites for hydroxylation is 1. The van der Waals surface area contributed by atoms with Crippen LogP contribution in [0.5, 0.6) is 0 Å². The van der Waals surface area contributed by atoms with Gasteiger partial charge in [-0.25, -0.2) is 0 Å². The van der Waals surface area contributed by atoms with E-state index in [1.807, 2.05) is 39.0 Å². The first-order valence-electron chi connectivity index (χ1n) is 6.87. The molecule has 3 nitrogen and oxygen atoms in total. The van der Waals surface area contributed by atoms with E-state index in [1.54, 1.807) is 0 Å². The number of rotatable bonds is 9. The van der Waals surface area contributed by atoms with E-state index in [0.29, 0.717) is 19.8 Å². The summed E-state index contributed by atoms with van der Waals surface area (Å²) in [6, 6.07) is 10.4. The van der Waals surface area contributed by atoms with Crippen molar-refractivity contribution in [3.63, 3.8) is 0 Å². The van der Waals surface area contributed by atoms with Gasteiger partial charge >= 0.3 is 25.6 Å². The van der Waals surface area contributed by atoms with Crippen molar-refractivity contribution in [3.05, 3.63) is 35.9 Å². The minimum absolute atomic E-state index is 0. The molecular weight excluding hydrogens is 234 g/mol. The Morgan fingerprint density at radius 1 is 0.842 bits per heavy atom. The molecule has 0 fully saturated rings. The van der Waals surface area contributed by atoms with Crippen molar-refractivity contribution < 1.29 is 32.8 Å². The maximum Gasteiger partial charge on any atom is 1.00 e. The molecule has 102 valence electrons. The second-order valence-corrected chi connectivity index (χ2v) is 4.18. The molecule has 0 heterocycles. The molecule has 0 saturated heterocycles. The third-order valence-electron chi connectivity index (χ3n) is 2.89. The third-order valence-corrected chi connectivity index (χ3v) is 2.89. The predicted octanol–water partition coefficient (Wildman–Crippen LogP) is 0.282. The van der Waals surface area contributed by atoms with Crippen molar-refractivity contribution in [3.8, 4) is 0 Å². The summed E-state index contributed by atoms with van der Waals surface area (Å²) in [5.74, 6) is 0. The smallest absolute Gasteiger partial charge is 0.545 e. The van der Waals surface area contributed by atoms with Gasteiger partial charge in [-0.1, -0.05) is 48.6 Å². The van der Waals surface area contributed by atoms with E-state index < -0.39 is 6.75 Å². The van der Waals surface area contributed by atoms with E-state index in [0.717, 1.165) is 12.7 Å². The Labute approximate surface area is 129 Å². The molecule has 0 spiro atoms. The molecule has 0 aliphatic carbocycles. The van der Waals surface area contributed by atoms with Gasteiger partial charge in [-0.05, 0) is 40.6 Å². The summed E-state index contributed by atoms with van der Waals surface area (Å²) in [7, 11) is 0. The molecule has 0 bridgehead atoms. The molecule has 0 saturated carbocycles. The summed E-state index contributed by atoms with van der Waals surface area (Å²) < 4.78 is 17.3. The Morgan fingerprint density at radius 3 is 1.74 bits per heavy atom. The first-order valence-corrected chi connectivity index (χ1v) is 6.87. The molecule has 1 aromatic rings. The van der Waals surface area contributed by atoms with Crippen LogP contribution in [0.4, 0.5) is 0 Å². The van der Waals surface area contributed by atoms with Gasteiger partial charge in [0, 0.05) is 0 Å². The maximum absolute atomic E-state index is 5.75. The SMILES string of the molecule is CCO[B-](CCc1ccccc1)(OCC)OCC.[Li+]. The Morgan fingerprint density at radius 2 is 1.32 bits per heavy atom. The van der Waals surface area contributed by atoms with Crippen LogP contribution in [0.25, 0.3) is 0 Å². The van der Waals surface area contributed by atoms with Gasteiger partial charge in [0.1, 0.15) is 0 Å². The first-order chi connectivity index (χ1) is 8.76. The van der Waals surface area contributed by atoms with Crippen molar-refractivity contribution in [1.82, 2.24) is 0 Å². The molecule has 0 radical (unpaired) electrons. The Kier molecular flexibility index (Phi) is 10.4. The van der Waals surface area contributed by atoms with Crippen LogP contribution in [0.3, 0.4) is 0 Å². The van der Waals surface area contributed by atoms with Gasteiger partial charge in [-0.15, -0.1) is 0 Å². The fourth-order valence-electron chi connectivity index (χ4n) is 2.14. The topological polar surface area (TPSA) is 27.7 Å². The molecule has 0 atom stereocenters. The molecule has 0 aliphatic heterocycles. The largest absolute Gasteiger partial charge is 1.00 e. The molecule has 0 N–H and O–H groups in total. The van der Waals surface area contributed by atoms with Crippen LogP contribution in [0.1, 0.15) is 26.3 Å². The van der Waals surface area contributed by atoms with Gasteiger partial charge in [0.05, 0.1) is 0 Å². The zero-order chi connectivity index (χ0) is 13.3. The van der Waals surface area contributed by atoms with Gasteiger partial charge < -0.3 is 14.0 Å². The van der Waals surface area contributed by atoms with Crippen molar-refractivity contribution in [2.45, 2.75) is 33.5 Å². The van der Waals surface area contributed by atoms with E-state index in [2.05, 4.69) is 12.1 Å². The molecule has 5 heteroatoms. The van der Waals surface area contributed by atoms with E-state index >= 15 is 0 Å². The van der Waals surface area contributed by atoms with E-state index in [-0.39, 0.29) is 18.9 Å². The van der Waals surface area contributed by atoms with Crippen LogP contribution in [-0.2, 0) is 20.4 Å². The van der Waals surface area contributed by atoms with Crippen molar-refractivity contribution >= 4 is 6.75 Å². The predicted molar refractivity (Wildman–Crippen MR) is 75.6 cm³/mol. The quantitative estimate of drug-likeness (QED) is 0.595. The molecule has 19 heavy (non-hydrogen) atoms. The maximum atomic E-state index is 5.75. The van der Waals surface area contributed by atoms with Gasteiger partial charge in [0.2, 0.25) is 0 Å². The minimum atomic E-state index is -1.61. The summed E-state index contributed by atoms with van der Waals surface area (Å²) >= 11 is 0. The van der Waals surface area contributed by atoms with Gasteiger partial charge in [-0.3, -0.25) is 0 Å². The van der Waals surface area contributed by atoms with Crippen LogP contribution in [0.2, 0.25) is 6.32 Å². The normalized spacial score (nSPS) is 11.1. The minimum Gasteiger partial charge on any atom is -0.545 e. The van der Waals surface area contributed by atoms with E-state index in [1.165, 1.54) is 5.56 Å². The number of benzene rings is 1. The standard InChI is InChI=1S/C14H24BO3.Li/c1-4-16-15(17-5-2,18-6-3)13-12-14-10-8-7-9-11-14;/h7-11H,4-6,12-13H2,1-3H3;/q-1;+1. The second kappa shape index (κ2) is 10.5. The molecule has 1 aromatic carbocycles. The molecule has 0 unspecified atom stereocenters. The monoisotopic (exact) mass is 258 g/mol. The zero-order valence-electron chi connectivity index (χ0n) is 12.7. The van der Waals surface area contributed by atoms with Gasteiger partial charge in [0.25, 0.3) is 0 Å². The van der Waals surface area contributed by atoms with Crippen LogP contribution in [0.15, 0.2) is 30.3 Å². The Bertz CT molecular complexity index is 305. The van der Waals surface area contributed by atoms with E-state index in [4.69, 9.17) is 14.0 Å². The zero-order valence-corrected chi connectivity index (χ0v) is 12.7. The summed E-state index contributed by atoms with van der Waals surface area (Å²) in [4.78, 5) is 0. The Balaban J connectivity index is 0.00000324.